The Labute approximate surface area is 122 Å². The molecule has 0 spiro atoms. The van der Waals surface area contributed by atoms with Crippen LogP contribution in [-0.4, -0.2) is 23.9 Å². The highest BCUT2D eigenvalue weighted by molar-refractivity contribution is 6.01. The lowest BCUT2D eigenvalue weighted by Gasteiger charge is -2.07. The predicted molar refractivity (Wildman–Crippen MR) is 82.2 cm³/mol. The molecule has 2 aromatic carbocycles. The fraction of sp³-hybridized carbons (Fsp3) is 0.125. The standard InChI is InChI=1S/C16H16N2O3/c1-10(11-6-8-12(17)9-7-11)18-14-5-3-4-13(15(14)19)16(20)21-2/h3-9,19H,17H2,1-2H3/b18-10+. The van der Waals surface area contributed by atoms with Crippen LogP contribution in [0.2, 0.25) is 0 Å². The molecule has 3 N–H and O–H groups in total. The van der Waals surface area contributed by atoms with Crippen LogP contribution in [0, 0.1) is 0 Å². The maximum atomic E-state index is 11.5. The number of nitrogens with zero attached hydrogens (tertiary/aromatic N) is 1. The normalized spacial score (nSPS) is 11.2. The zero-order valence-electron chi connectivity index (χ0n) is 11.8. The van der Waals surface area contributed by atoms with Crippen LogP contribution in [0.1, 0.15) is 22.8 Å². The second-order valence-electron chi connectivity index (χ2n) is 4.48. The number of carbonyl (C=O) groups excluding carboxylic acids is 1. The predicted octanol–water partition coefficient (Wildman–Crippen LogP) is 2.90. The number of hydrogen-bond donors (Lipinski definition) is 2. The zero-order chi connectivity index (χ0) is 15.4. The van der Waals surface area contributed by atoms with E-state index in [9.17, 15) is 9.90 Å². The van der Waals surface area contributed by atoms with Gasteiger partial charge >= 0.3 is 5.97 Å². The van der Waals surface area contributed by atoms with Gasteiger partial charge in [-0.1, -0.05) is 18.2 Å². The van der Waals surface area contributed by atoms with Crippen molar-refractivity contribution in [2.24, 2.45) is 4.99 Å². The SMILES string of the molecule is COC(=O)c1cccc(/N=C(\C)c2ccc(N)cc2)c1O. The first kappa shape index (κ1) is 14.6. The molecule has 0 atom stereocenters. The van der Waals surface area contributed by atoms with Gasteiger partial charge in [0.05, 0.1) is 7.11 Å². The number of hydrogen-bond acceptors (Lipinski definition) is 5. The summed E-state index contributed by atoms with van der Waals surface area (Å²) in [5, 5.41) is 10.1. The molecule has 5 heteroatoms. The number of rotatable bonds is 3. The molecule has 0 aliphatic rings. The lowest BCUT2D eigenvalue weighted by molar-refractivity contribution is 0.0597. The van der Waals surface area contributed by atoms with Crippen molar-refractivity contribution in [1.29, 1.82) is 0 Å². The molecule has 0 bridgehead atoms. The fourth-order valence-corrected chi connectivity index (χ4v) is 1.87. The number of anilines is 1. The number of aliphatic imine (C=N–C) groups is 1. The van der Waals surface area contributed by atoms with E-state index in [0.717, 1.165) is 5.56 Å². The number of nitrogen functional groups attached to an aromatic ring is 1. The van der Waals surface area contributed by atoms with Crippen LogP contribution in [-0.2, 0) is 4.74 Å². The topological polar surface area (TPSA) is 84.9 Å². The first-order valence-electron chi connectivity index (χ1n) is 6.34. The van der Waals surface area contributed by atoms with Gasteiger partial charge in [0.25, 0.3) is 0 Å². The molecule has 108 valence electrons. The second kappa shape index (κ2) is 6.09. The number of phenolic OH excluding ortho intramolecular Hbond substituents is 1. The van der Waals surface area contributed by atoms with Gasteiger partial charge in [0.1, 0.15) is 11.3 Å². The summed E-state index contributed by atoms with van der Waals surface area (Å²) in [5.41, 5.74) is 8.29. The highest BCUT2D eigenvalue weighted by atomic mass is 16.5. The number of methoxy groups -OCH3 is 1. The molecule has 0 aliphatic carbocycles. The number of carbonyl (C=O) groups is 1. The highest BCUT2D eigenvalue weighted by Crippen LogP contribution is 2.31. The van der Waals surface area contributed by atoms with Gasteiger partial charge in [-0.05, 0) is 36.8 Å². The second-order valence-corrected chi connectivity index (χ2v) is 4.48. The average Bonchev–Trinajstić information content (AvgIpc) is 2.49. The van der Waals surface area contributed by atoms with E-state index in [1.807, 2.05) is 19.1 Å². The Morgan fingerprint density at radius 1 is 1.19 bits per heavy atom. The summed E-state index contributed by atoms with van der Waals surface area (Å²) in [6.07, 6.45) is 0. The fourth-order valence-electron chi connectivity index (χ4n) is 1.87. The molecule has 0 saturated carbocycles. The van der Waals surface area contributed by atoms with Gasteiger partial charge in [-0.2, -0.15) is 0 Å². The van der Waals surface area contributed by atoms with E-state index < -0.39 is 5.97 Å². The van der Waals surface area contributed by atoms with Gasteiger partial charge in [0.2, 0.25) is 0 Å². The lowest BCUT2D eigenvalue weighted by Crippen LogP contribution is -2.01. The van der Waals surface area contributed by atoms with E-state index in [0.29, 0.717) is 17.1 Å². The minimum absolute atomic E-state index is 0.0869. The van der Waals surface area contributed by atoms with Gasteiger partial charge in [0.15, 0.2) is 5.75 Å². The lowest BCUT2D eigenvalue weighted by atomic mass is 10.1. The van der Waals surface area contributed by atoms with Crippen LogP contribution in [0.5, 0.6) is 5.75 Å². The summed E-state index contributed by atoms with van der Waals surface area (Å²) in [4.78, 5) is 15.9. The molecule has 0 fully saturated rings. The molecule has 2 aromatic rings. The van der Waals surface area contributed by atoms with E-state index in [2.05, 4.69) is 9.73 Å². The Kier molecular flexibility index (Phi) is 4.23. The Morgan fingerprint density at radius 3 is 2.48 bits per heavy atom. The van der Waals surface area contributed by atoms with Crippen LogP contribution < -0.4 is 5.73 Å². The molecule has 0 saturated heterocycles. The molecule has 0 aromatic heterocycles. The first-order valence-corrected chi connectivity index (χ1v) is 6.34. The van der Waals surface area contributed by atoms with E-state index in [1.165, 1.54) is 13.2 Å². The van der Waals surface area contributed by atoms with Crippen molar-refractivity contribution in [2.45, 2.75) is 6.92 Å². The summed E-state index contributed by atoms with van der Waals surface area (Å²) in [5.74, 6) is -0.797. The molecule has 0 aliphatic heterocycles. The molecule has 2 rings (SSSR count). The Bertz CT molecular complexity index is 691. The molecule has 0 heterocycles. The van der Waals surface area contributed by atoms with Gasteiger partial charge in [0, 0.05) is 11.4 Å². The Hall–Kier alpha value is -2.82. The number of esters is 1. The Morgan fingerprint density at radius 2 is 1.86 bits per heavy atom. The van der Waals surface area contributed by atoms with Crippen molar-refractivity contribution in [2.75, 3.05) is 12.8 Å². The maximum absolute atomic E-state index is 11.5. The van der Waals surface area contributed by atoms with E-state index >= 15 is 0 Å². The van der Waals surface area contributed by atoms with Crippen LogP contribution in [0.4, 0.5) is 11.4 Å². The van der Waals surface area contributed by atoms with Crippen molar-refractivity contribution >= 4 is 23.1 Å². The number of phenols is 1. The van der Waals surface area contributed by atoms with Gasteiger partial charge in [-0.25, -0.2) is 9.79 Å². The minimum atomic E-state index is -0.602. The summed E-state index contributed by atoms with van der Waals surface area (Å²) >= 11 is 0. The first-order chi connectivity index (χ1) is 10.0. The minimum Gasteiger partial charge on any atom is -0.505 e. The van der Waals surface area contributed by atoms with E-state index in [-0.39, 0.29) is 11.3 Å². The largest absolute Gasteiger partial charge is 0.505 e. The third-order valence-electron chi connectivity index (χ3n) is 3.04. The molecule has 0 amide bonds. The van der Waals surface area contributed by atoms with Crippen LogP contribution in [0.25, 0.3) is 0 Å². The van der Waals surface area contributed by atoms with Gasteiger partial charge in [-0.3, -0.25) is 0 Å². The van der Waals surface area contributed by atoms with Gasteiger partial charge < -0.3 is 15.6 Å². The van der Waals surface area contributed by atoms with Gasteiger partial charge in [-0.15, -0.1) is 0 Å². The van der Waals surface area contributed by atoms with Crippen LogP contribution in [0.15, 0.2) is 47.5 Å². The zero-order valence-corrected chi connectivity index (χ0v) is 11.8. The quantitative estimate of drug-likeness (QED) is 0.515. The number of para-hydroxylation sites is 1. The highest BCUT2D eigenvalue weighted by Gasteiger charge is 2.14. The molecule has 0 radical (unpaired) electrons. The van der Waals surface area contributed by atoms with E-state index in [4.69, 9.17) is 5.73 Å². The van der Waals surface area contributed by atoms with Crippen molar-refractivity contribution < 1.29 is 14.6 Å². The third kappa shape index (κ3) is 3.20. The molecule has 0 unspecified atom stereocenters. The average molecular weight is 284 g/mol. The molecule has 21 heavy (non-hydrogen) atoms. The summed E-state index contributed by atoms with van der Waals surface area (Å²) in [6, 6.07) is 12.0. The van der Waals surface area contributed by atoms with Crippen molar-refractivity contribution in [1.82, 2.24) is 0 Å². The summed E-state index contributed by atoms with van der Waals surface area (Å²) in [6.45, 7) is 1.82. The van der Waals surface area contributed by atoms with Crippen molar-refractivity contribution in [3.63, 3.8) is 0 Å². The molecule has 5 nitrogen and oxygen atoms in total. The van der Waals surface area contributed by atoms with Crippen molar-refractivity contribution in [3.8, 4) is 5.75 Å². The summed E-state index contributed by atoms with van der Waals surface area (Å²) < 4.78 is 4.61. The molecular formula is C16H16N2O3. The number of nitrogens with two attached hydrogens (primary N) is 1. The number of ether oxygens (including phenoxy) is 1. The maximum Gasteiger partial charge on any atom is 0.341 e. The molecular weight excluding hydrogens is 268 g/mol. The smallest absolute Gasteiger partial charge is 0.341 e. The number of benzene rings is 2. The third-order valence-corrected chi connectivity index (χ3v) is 3.04. The van der Waals surface area contributed by atoms with Crippen LogP contribution >= 0.6 is 0 Å². The Balaban J connectivity index is 2.40. The van der Waals surface area contributed by atoms with Crippen molar-refractivity contribution in [3.05, 3.63) is 53.6 Å². The van der Waals surface area contributed by atoms with Crippen LogP contribution in [0.3, 0.4) is 0 Å². The monoisotopic (exact) mass is 284 g/mol. The summed E-state index contributed by atoms with van der Waals surface area (Å²) in [7, 11) is 1.26. The van der Waals surface area contributed by atoms with E-state index in [1.54, 1.807) is 24.3 Å². The number of aromatic hydroxyl groups is 1.